The minimum atomic E-state index is -0.158. The number of hydrogen-bond donors (Lipinski definition) is 0. The monoisotopic (exact) mass is 424 g/mol. The Balaban J connectivity index is 1.63. The lowest BCUT2D eigenvalue weighted by Crippen LogP contribution is -2.57. The number of carbonyl (C=O) groups is 1. The van der Waals surface area contributed by atoms with Gasteiger partial charge >= 0.3 is 0 Å². The third-order valence-corrected chi connectivity index (χ3v) is 11.5. The molecule has 174 valence electrons. The van der Waals surface area contributed by atoms with Crippen LogP contribution in [0.4, 0.5) is 0 Å². The minimum Gasteiger partial charge on any atom is -0.299 e. The molecule has 4 aliphatic carbocycles. The van der Waals surface area contributed by atoms with Gasteiger partial charge in [0.25, 0.3) is 0 Å². The molecule has 7 atom stereocenters. The molecule has 0 aromatic carbocycles. The zero-order valence-electron chi connectivity index (χ0n) is 21.7. The van der Waals surface area contributed by atoms with E-state index in [0.717, 1.165) is 31.1 Å². The van der Waals surface area contributed by atoms with E-state index in [0.29, 0.717) is 33.9 Å². The standard InChI is InChI=1S/C30H48O/c1-20(2)10-9-11-21(3)22-14-18-30(8)24-12-13-25-27(4,5)26(31)16-17-28(25,6)23(24)15-19-29(22,30)7/h10,12,21-23,25H,9,11,13-19H2,1-8H3/t21-,22-,23+,25+,28-,29-,30+/m1/s1. The highest BCUT2D eigenvalue weighted by molar-refractivity contribution is 5.85. The maximum Gasteiger partial charge on any atom is 0.138 e. The SMILES string of the molecule is CC(C)=CCC[C@@H](C)[C@H]1CC[C@@]2(C)C3=CC[C@H]4C(C)(C)C(=O)CC[C@]4(C)[C@H]3CC[C@]12C. The molecule has 0 N–H and O–H groups in total. The van der Waals surface area contributed by atoms with E-state index in [2.05, 4.69) is 67.5 Å². The first kappa shape index (κ1) is 23.3. The molecular weight excluding hydrogens is 376 g/mol. The van der Waals surface area contributed by atoms with Gasteiger partial charge in [-0.2, -0.15) is 0 Å². The van der Waals surface area contributed by atoms with E-state index in [1.54, 1.807) is 0 Å². The van der Waals surface area contributed by atoms with Crippen LogP contribution in [0.2, 0.25) is 0 Å². The topological polar surface area (TPSA) is 17.1 Å². The molecule has 0 aromatic rings. The number of carbonyl (C=O) groups excluding carboxylic acids is 1. The average Bonchev–Trinajstić information content (AvgIpc) is 2.96. The second-order valence-electron chi connectivity index (χ2n) is 13.4. The summed E-state index contributed by atoms with van der Waals surface area (Å²) < 4.78 is 0. The zero-order valence-corrected chi connectivity index (χ0v) is 21.7. The summed E-state index contributed by atoms with van der Waals surface area (Å²) >= 11 is 0. The fraction of sp³-hybridized carbons (Fsp3) is 0.833. The summed E-state index contributed by atoms with van der Waals surface area (Å²) in [5.74, 6) is 3.36. The maximum atomic E-state index is 12.8. The Morgan fingerprint density at radius 3 is 2.48 bits per heavy atom. The van der Waals surface area contributed by atoms with Gasteiger partial charge in [-0.15, -0.1) is 0 Å². The third kappa shape index (κ3) is 3.26. The number of hydrogen-bond acceptors (Lipinski definition) is 1. The van der Waals surface area contributed by atoms with Gasteiger partial charge in [0.15, 0.2) is 0 Å². The molecule has 0 radical (unpaired) electrons. The van der Waals surface area contributed by atoms with Crippen molar-refractivity contribution in [3.8, 4) is 0 Å². The third-order valence-electron chi connectivity index (χ3n) is 11.5. The van der Waals surface area contributed by atoms with E-state index in [1.165, 1.54) is 44.1 Å². The number of rotatable bonds is 4. The molecule has 0 aromatic heterocycles. The molecule has 1 nitrogen and oxygen atoms in total. The first-order chi connectivity index (χ1) is 14.4. The lowest BCUT2D eigenvalue weighted by molar-refractivity contribution is -0.146. The first-order valence-electron chi connectivity index (χ1n) is 13.2. The highest BCUT2D eigenvalue weighted by Gasteiger charge is 2.65. The Labute approximate surface area is 192 Å². The molecule has 0 amide bonds. The summed E-state index contributed by atoms with van der Waals surface area (Å²) in [6, 6.07) is 0. The van der Waals surface area contributed by atoms with E-state index >= 15 is 0 Å². The zero-order chi connectivity index (χ0) is 22.8. The van der Waals surface area contributed by atoms with E-state index in [4.69, 9.17) is 0 Å². The van der Waals surface area contributed by atoms with Crippen LogP contribution >= 0.6 is 0 Å². The fourth-order valence-corrected chi connectivity index (χ4v) is 9.30. The number of allylic oxidation sites excluding steroid dienone is 4. The van der Waals surface area contributed by atoms with Crippen LogP contribution in [-0.2, 0) is 4.79 Å². The molecule has 0 aliphatic heterocycles. The molecular formula is C30H48O. The molecule has 0 spiro atoms. The Bertz CT molecular complexity index is 795. The molecule has 4 aliphatic rings. The Kier molecular flexibility index (Phi) is 5.71. The van der Waals surface area contributed by atoms with Crippen molar-refractivity contribution in [3.05, 3.63) is 23.3 Å². The van der Waals surface area contributed by atoms with Crippen molar-refractivity contribution in [3.63, 3.8) is 0 Å². The van der Waals surface area contributed by atoms with Gasteiger partial charge in [-0.1, -0.05) is 64.8 Å². The van der Waals surface area contributed by atoms with Gasteiger partial charge in [-0.25, -0.2) is 0 Å². The smallest absolute Gasteiger partial charge is 0.138 e. The molecule has 3 fully saturated rings. The van der Waals surface area contributed by atoms with Gasteiger partial charge in [0, 0.05) is 11.8 Å². The lowest BCUT2D eigenvalue weighted by Gasteiger charge is -2.63. The van der Waals surface area contributed by atoms with Gasteiger partial charge in [0.05, 0.1) is 0 Å². The van der Waals surface area contributed by atoms with Gasteiger partial charge in [-0.05, 0) is 105 Å². The molecule has 0 unspecified atom stereocenters. The quantitative estimate of drug-likeness (QED) is 0.413. The van der Waals surface area contributed by atoms with Crippen molar-refractivity contribution < 1.29 is 4.79 Å². The molecule has 4 rings (SSSR count). The lowest BCUT2D eigenvalue weighted by atomic mass is 9.41. The van der Waals surface area contributed by atoms with Crippen LogP contribution in [0.3, 0.4) is 0 Å². The van der Waals surface area contributed by atoms with Crippen LogP contribution in [0.25, 0.3) is 0 Å². The van der Waals surface area contributed by atoms with Crippen LogP contribution in [-0.4, -0.2) is 5.78 Å². The molecule has 0 saturated heterocycles. The van der Waals surface area contributed by atoms with Crippen molar-refractivity contribution in [1.29, 1.82) is 0 Å². The number of fused-ring (bicyclic) bond motifs is 5. The van der Waals surface area contributed by atoms with Gasteiger partial charge in [0.2, 0.25) is 0 Å². The highest BCUT2D eigenvalue weighted by Crippen LogP contribution is 2.73. The summed E-state index contributed by atoms with van der Waals surface area (Å²) in [4.78, 5) is 12.8. The van der Waals surface area contributed by atoms with Gasteiger partial charge in [0.1, 0.15) is 5.78 Å². The van der Waals surface area contributed by atoms with E-state index < -0.39 is 0 Å². The number of ketones is 1. The highest BCUT2D eigenvalue weighted by atomic mass is 16.1. The predicted octanol–water partition coefficient (Wildman–Crippen LogP) is 8.54. The molecule has 1 heteroatoms. The van der Waals surface area contributed by atoms with Gasteiger partial charge in [-0.3, -0.25) is 4.79 Å². The summed E-state index contributed by atoms with van der Waals surface area (Å²) in [5, 5.41) is 0. The average molecular weight is 425 g/mol. The summed E-state index contributed by atoms with van der Waals surface area (Å²) in [7, 11) is 0. The van der Waals surface area contributed by atoms with Crippen LogP contribution in [0, 0.1) is 45.3 Å². The minimum absolute atomic E-state index is 0.158. The molecule has 0 bridgehead atoms. The molecule has 31 heavy (non-hydrogen) atoms. The normalized spacial score (nSPS) is 44.6. The van der Waals surface area contributed by atoms with Crippen LogP contribution in [0.5, 0.6) is 0 Å². The van der Waals surface area contributed by atoms with Crippen molar-refractivity contribution in [2.24, 2.45) is 45.3 Å². The Morgan fingerprint density at radius 1 is 1.10 bits per heavy atom. The second-order valence-corrected chi connectivity index (χ2v) is 13.4. The number of Topliss-reactive ketones (excluding diaryl/α,β-unsaturated/α-hetero) is 1. The second kappa shape index (κ2) is 7.59. The Morgan fingerprint density at radius 2 is 1.81 bits per heavy atom. The van der Waals surface area contributed by atoms with Crippen molar-refractivity contribution in [1.82, 2.24) is 0 Å². The van der Waals surface area contributed by atoms with Gasteiger partial charge < -0.3 is 0 Å². The molecule has 3 saturated carbocycles. The fourth-order valence-electron chi connectivity index (χ4n) is 9.30. The van der Waals surface area contributed by atoms with Crippen LogP contribution in [0.15, 0.2) is 23.3 Å². The predicted molar refractivity (Wildman–Crippen MR) is 132 cm³/mol. The Hall–Kier alpha value is -0.850. The molecule has 0 heterocycles. The summed E-state index contributed by atoms with van der Waals surface area (Å²) in [5.41, 5.74) is 4.20. The van der Waals surface area contributed by atoms with Crippen molar-refractivity contribution in [2.75, 3.05) is 0 Å². The summed E-state index contributed by atoms with van der Waals surface area (Å²) in [6.07, 6.45) is 16.2. The van der Waals surface area contributed by atoms with Crippen LogP contribution in [0.1, 0.15) is 113 Å². The van der Waals surface area contributed by atoms with E-state index in [-0.39, 0.29) is 5.41 Å². The largest absolute Gasteiger partial charge is 0.299 e. The van der Waals surface area contributed by atoms with Crippen molar-refractivity contribution >= 4 is 5.78 Å². The van der Waals surface area contributed by atoms with E-state index in [9.17, 15) is 4.79 Å². The maximum absolute atomic E-state index is 12.8. The van der Waals surface area contributed by atoms with Crippen LogP contribution < -0.4 is 0 Å². The van der Waals surface area contributed by atoms with Crippen molar-refractivity contribution in [2.45, 2.75) is 113 Å². The summed E-state index contributed by atoms with van der Waals surface area (Å²) in [6.45, 7) is 19.3. The van der Waals surface area contributed by atoms with E-state index in [1.807, 2.05) is 5.57 Å². The first-order valence-corrected chi connectivity index (χ1v) is 13.2.